The first kappa shape index (κ1) is 13.7. The summed E-state index contributed by atoms with van der Waals surface area (Å²) in [5.74, 6) is 0. The van der Waals surface area contributed by atoms with Crippen molar-refractivity contribution in [2.24, 2.45) is 0 Å². The van der Waals surface area contributed by atoms with Crippen molar-refractivity contribution < 1.29 is 12.3 Å². The maximum atomic E-state index is 12.9. The molecule has 0 atom stereocenters. The predicted molar refractivity (Wildman–Crippen MR) is 70.9 cm³/mol. The van der Waals surface area contributed by atoms with Crippen molar-refractivity contribution in [3.05, 3.63) is 16.7 Å². The molecule has 1 saturated heterocycles. The molecule has 4 nitrogen and oxygen atoms in total. The molecule has 2 rings (SSSR count). The predicted octanol–water partition coefficient (Wildman–Crippen LogP) is 2.88. The molecule has 1 aliphatic rings. The Morgan fingerprint density at radius 3 is 2.33 bits per heavy atom. The first-order chi connectivity index (χ1) is 8.48. The summed E-state index contributed by atoms with van der Waals surface area (Å²) >= 11 is 3.06. The highest BCUT2D eigenvalue weighted by molar-refractivity contribution is 9.10. The third kappa shape index (κ3) is 3.20. The molecule has 1 aliphatic heterocycles. The van der Waals surface area contributed by atoms with Crippen LogP contribution in [0.3, 0.4) is 0 Å². The average molecular weight is 337 g/mol. The Labute approximate surface area is 115 Å². The van der Waals surface area contributed by atoms with Gasteiger partial charge in [0, 0.05) is 13.1 Å². The van der Waals surface area contributed by atoms with Gasteiger partial charge in [0.1, 0.15) is 0 Å². The second-order valence-corrected chi connectivity index (χ2v) is 6.44. The third-order valence-corrected chi connectivity index (χ3v) is 4.65. The molecule has 18 heavy (non-hydrogen) atoms. The molecule has 1 aromatic heterocycles. The number of rotatable bonds is 2. The Hall–Kier alpha value is -0.690. The minimum Gasteiger partial charge on any atom is -0.370 e. The van der Waals surface area contributed by atoms with Crippen molar-refractivity contribution >= 4 is 31.8 Å². The van der Waals surface area contributed by atoms with Gasteiger partial charge in [0.15, 0.2) is 0 Å². The summed E-state index contributed by atoms with van der Waals surface area (Å²) in [5, 5.41) is -0.555. The molecule has 0 bridgehead atoms. The topological polar surface area (TPSA) is 50.3 Å². The fraction of sp³-hybridized carbons (Fsp3) is 0.545. The number of hydrogen-bond donors (Lipinski definition) is 0. The van der Waals surface area contributed by atoms with Gasteiger partial charge in [-0.05, 0) is 34.8 Å². The van der Waals surface area contributed by atoms with Crippen LogP contribution in [0.25, 0.3) is 0 Å². The van der Waals surface area contributed by atoms with E-state index in [1.54, 1.807) is 6.07 Å². The molecule has 0 saturated carbocycles. The van der Waals surface area contributed by atoms with Gasteiger partial charge in [-0.15, -0.1) is 0 Å². The Morgan fingerprint density at radius 2 is 1.83 bits per heavy atom. The number of anilines is 1. The molecule has 0 unspecified atom stereocenters. The fourth-order valence-electron chi connectivity index (χ4n) is 2.10. The number of aromatic nitrogens is 1. The minimum absolute atomic E-state index is 0.173. The molecule has 7 heteroatoms. The standard InChI is InChI=1S/C11H14BrFN2O2S/c12-10-7-9(8-14-11(10)18(13,16)17)15-5-3-1-2-4-6-15/h7-8H,1-6H2. The van der Waals surface area contributed by atoms with Crippen LogP contribution in [0.4, 0.5) is 9.57 Å². The molecule has 1 fully saturated rings. The molecular weight excluding hydrogens is 323 g/mol. The lowest BCUT2D eigenvalue weighted by molar-refractivity contribution is 0.547. The van der Waals surface area contributed by atoms with E-state index >= 15 is 0 Å². The van der Waals surface area contributed by atoms with Crippen LogP contribution in [0.1, 0.15) is 25.7 Å². The highest BCUT2D eigenvalue weighted by atomic mass is 79.9. The zero-order valence-corrected chi connectivity index (χ0v) is 12.2. The number of hydrogen-bond acceptors (Lipinski definition) is 4. The maximum absolute atomic E-state index is 12.9. The second-order valence-electron chi connectivity index (χ2n) is 4.32. The lowest BCUT2D eigenvalue weighted by Gasteiger charge is -2.22. The van der Waals surface area contributed by atoms with Gasteiger partial charge in [0.05, 0.1) is 16.4 Å². The molecular formula is C11H14BrFN2O2S. The van der Waals surface area contributed by atoms with E-state index < -0.39 is 15.2 Å². The van der Waals surface area contributed by atoms with Gasteiger partial charge in [-0.2, -0.15) is 8.42 Å². The summed E-state index contributed by atoms with van der Waals surface area (Å²) in [7, 11) is -4.76. The average Bonchev–Trinajstić information content (AvgIpc) is 2.55. The maximum Gasteiger partial charge on any atom is 0.350 e. The van der Waals surface area contributed by atoms with E-state index in [1.165, 1.54) is 19.0 Å². The molecule has 0 aromatic carbocycles. The molecule has 0 aliphatic carbocycles. The largest absolute Gasteiger partial charge is 0.370 e. The Balaban J connectivity index is 2.28. The summed E-state index contributed by atoms with van der Waals surface area (Å²) in [6.45, 7) is 1.85. The first-order valence-electron chi connectivity index (χ1n) is 5.83. The second kappa shape index (κ2) is 5.52. The highest BCUT2D eigenvalue weighted by Gasteiger charge is 2.20. The molecule has 0 spiro atoms. The fourth-order valence-corrected chi connectivity index (χ4v) is 3.48. The summed E-state index contributed by atoms with van der Waals surface area (Å²) in [6, 6.07) is 1.62. The van der Waals surface area contributed by atoms with Gasteiger partial charge >= 0.3 is 10.2 Å². The van der Waals surface area contributed by atoms with E-state index in [4.69, 9.17) is 0 Å². The van der Waals surface area contributed by atoms with Gasteiger partial charge < -0.3 is 4.90 Å². The van der Waals surface area contributed by atoms with Crippen molar-refractivity contribution in [1.29, 1.82) is 0 Å². The van der Waals surface area contributed by atoms with Gasteiger partial charge in [-0.3, -0.25) is 0 Å². The van der Waals surface area contributed by atoms with E-state index in [-0.39, 0.29) is 4.47 Å². The van der Waals surface area contributed by atoms with Crippen LogP contribution >= 0.6 is 15.9 Å². The first-order valence-corrected chi connectivity index (χ1v) is 8.01. The lowest BCUT2D eigenvalue weighted by Crippen LogP contribution is -2.24. The van der Waals surface area contributed by atoms with E-state index in [0.717, 1.165) is 31.6 Å². The normalized spacial score (nSPS) is 17.6. The number of nitrogens with zero attached hydrogens (tertiary/aromatic N) is 2. The zero-order valence-electron chi connectivity index (χ0n) is 9.77. The lowest BCUT2D eigenvalue weighted by atomic mass is 10.2. The summed E-state index contributed by atoms with van der Waals surface area (Å²) in [5.41, 5.74) is 0.830. The van der Waals surface area contributed by atoms with E-state index in [9.17, 15) is 12.3 Å². The molecule has 0 radical (unpaired) electrons. The minimum atomic E-state index is -4.76. The van der Waals surface area contributed by atoms with Gasteiger partial charge in [0.2, 0.25) is 5.03 Å². The monoisotopic (exact) mass is 336 g/mol. The van der Waals surface area contributed by atoms with Crippen LogP contribution in [0.2, 0.25) is 0 Å². The van der Waals surface area contributed by atoms with Crippen molar-refractivity contribution in [3.8, 4) is 0 Å². The number of pyridine rings is 1. The molecule has 0 N–H and O–H groups in total. The van der Waals surface area contributed by atoms with Crippen LogP contribution in [0, 0.1) is 0 Å². The van der Waals surface area contributed by atoms with Gasteiger partial charge in [0.25, 0.3) is 0 Å². The quantitative estimate of drug-likeness (QED) is 0.779. The van der Waals surface area contributed by atoms with Crippen molar-refractivity contribution in [2.75, 3.05) is 18.0 Å². The third-order valence-electron chi connectivity index (χ3n) is 3.00. The van der Waals surface area contributed by atoms with Gasteiger partial charge in [-0.25, -0.2) is 4.98 Å². The van der Waals surface area contributed by atoms with E-state index in [1.807, 2.05) is 0 Å². The number of halogens is 2. The van der Waals surface area contributed by atoms with E-state index in [0.29, 0.717) is 0 Å². The zero-order chi connectivity index (χ0) is 13.2. The van der Waals surface area contributed by atoms with Crippen LogP contribution < -0.4 is 4.90 Å². The molecule has 1 aromatic rings. The van der Waals surface area contributed by atoms with Crippen LogP contribution in [0.5, 0.6) is 0 Å². The van der Waals surface area contributed by atoms with Crippen LogP contribution in [-0.4, -0.2) is 26.5 Å². The smallest absolute Gasteiger partial charge is 0.350 e. The highest BCUT2D eigenvalue weighted by Crippen LogP contribution is 2.27. The summed E-state index contributed by atoms with van der Waals surface area (Å²) < 4.78 is 34.7. The summed E-state index contributed by atoms with van der Waals surface area (Å²) in [6.07, 6.45) is 6.06. The Kier molecular flexibility index (Phi) is 4.21. The SMILES string of the molecule is O=S(=O)(F)c1ncc(N2CCCCCC2)cc1Br. The molecule has 0 amide bonds. The van der Waals surface area contributed by atoms with Crippen LogP contribution in [-0.2, 0) is 10.2 Å². The molecule has 2 heterocycles. The van der Waals surface area contributed by atoms with E-state index in [2.05, 4.69) is 25.8 Å². The Bertz CT molecular complexity index is 528. The van der Waals surface area contributed by atoms with Crippen molar-refractivity contribution in [3.63, 3.8) is 0 Å². The van der Waals surface area contributed by atoms with Crippen molar-refractivity contribution in [2.45, 2.75) is 30.7 Å². The summed E-state index contributed by atoms with van der Waals surface area (Å²) in [4.78, 5) is 5.86. The van der Waals surface area contributed by atoms with Crippen LogP contribution in [0.15, 0.2) is 21.8 Å². The van der Waals surface area contributed by atoms with Crippen molar-refractivity contribution in [1.82, 2.24) is 4.98 Å². The van der Waals surface area contributed by atoms with Gasteiger partial charge in [-0.1, -0.05) is 16.7 Å². The Morgan fingerprint density at radius 1 is 1.22 bits per heavy atom. The molecule has 100 valence electrons.